The standard InChI is InChI=1S/C16H18N2OS/c19-16(18-15-5-6-15)13-1-3-14(4-2-13)17-9-7-12-8-10-20-11-12/h1-4,8,10-11,15,17H,5-7,9H2,(H,18,19). The molecule has 2 N–H and O–H groups in total. The largest absolute Gasteiger partial charge is 0.385 e. The number of carbonyl (C=O) groups is 1. The van der Waals surface area contributed by atoms with Crippen LogP contribution in [0.25, 0.3) is 0 Å². The number of anilines is 1. The normalized spacial score (nSPS) is 14.0. The molecule has 0 bridgehead atoms. The maximum Gasteiger partial charge on any atom is 0.251 e. The SMILES string of the molecule is O=C(NC1CC1)c1ccc(NCCc2ccsc2)cc1. The zero-order valence-electron chi connectivity index (χ0n) is 11.3. The van der Waals surface area contributed by atoms with Crippen molar-refractivity contribution in [1.29, 1.82) is 0 Å². The molecule has 3 rings (SSSR count). The number of hydrogen-bond acceptors (Lipinski definition) is 3. The van der Waals surface area contributed by atoms with Gasteiger partial charge in [-0.3, -0.25) is 4.79 Å². The lowest BCUT2D eigenvalue weighted by Crippen LogP contribution is -2.25. The van der Waals surface area contributed by atoms with Crippen LogP contribution in [0, 0.1) is 0 Å². The molecular formula is C16H18N2OS. The highest BCUT2D eigenvalue weighted by Crippen LogP contribution is 2.19. The Morgan fingerprint density at radius 1 is 1.20 bits per heavy atom. The lowest BCUT2D eigenvalue weighted by molar-refractivity contribution is 0.0951. The Balaban J connectivity index is 1.49. The second-order valence-corrected chi connectivity index (χ2v) is 5.91. The molecule has 0 atom stereocenters. The Morgan fingerprint density at radius 2 is 2.00 bits per heavy atom. The van der Waals surface area contributed by atoms with Gasteiger partial charge in [0.2, 0.25) is 0 Å². The molecule has 1 amide bonds. The van der Waals surface area contributed by atoms with Gasteiger partial charge in [0.15, 0.2) is 0 Å². The molecular weight excluding hydrogens is 268 g/mol. The highest BCUT2D eigenvalue weighted by atomic mass is 32.1. The molecule has 0 aliphatic heterocycles. The van der Waals surface area contributed by atoms with Crippen molar-refractivity contribution >= 4 is 22.9 Å². The van der Waals surface area contributed by atoms with Gasteiger partial charge >= 0.3 is 0 Å². The van der Waals surface area contributed by atoms with Crippen molar-refractivity contribution in [2.24, 2.45) is 0 Å². The molecule has 1 fully saturated rings. The second kappa shape index (κ2) is 6.09. The Bertz CT molecular complexity index is 559. The van der Waals surface area contributed by atoms with Crippen LogP contribution in [0.1, 0.15) is 28.8 Å². The monoisotopic (exact) mass is 286 g/mol. The third kappa shape index (κ3) is 3.61. The van der Waals surface area contributed by atoms with Crippen LogP contribution in [0.2, 0.25) is 0 Å². The number of carbonyl (C=O) groups excluding carboxylic acids is 1. The predicted octanol–water partition coefficient (Wildman–Crippen LogP) is 3.29. The molecule has 4 heteroatoms. The highest BCUT2D eigenvalue weighted by molar-refractivity contribution is 7.07. The number of thiophene rings is 1. The first-order valence-electron chi connectivity index (χ1n) is 6.97. The Hall–Kier alpha value is -1.81. The van der Waals surface area contributed by atoms with Gasteiger partial charge in [0.05, 0.1) is 0 Å². The second-order valence-electron chi connectivity index (χ2n) is 5.13. The minimum Gasteiger partial charge on any atom is -0.385 e. The van der Waals surface area contributed by atoms with E-state index in [9.17, 15) is 4.79 Å². The van der Waals surface area contributed by atoms with E-state index in [4.69, 9.17) is 0 Å². The van der Waals surface area contributed by atoms with Gasteiger partial charge < -0.3 is 10.6 Å². The van der Waals surface area contributed by atoms with E-state index in [1.54, 1.807) is 11.3 Å². The molecule has 1 heterocycles. The van der Waals surface area contributed by atoms with E-state index in [2.05, 4.69) is 27.5 Å². The number of benzene rings is 1. The molecule has 1 aromatic carbocycles. The minimum absolute atomic E-state index is 0.0392. The lowest BCUT2D eigenvalue weighted by atomic mass is 10.2. The highest BCUT2D eigenvalue weighted by Gasteiger charge is 2.23. The molecule has 1 aromatic heterocycles. The lowest BCUT2D eigenvalue weighted by Gasteiger charge is -2.07. The molecule has 0 unspecified atom stereocenters. The van der Waals surface area contributed by atoms with Crippen LogP contribution in [0.4, 0.5) is 5.69 Å². The van der Waals surface area contributed by atoms with E-state index in [1.165, 1.54) is 5.56 Å². The van der Waals surface area contributed by atoms with Gasteiger partial charge in [-0.1, -0.05) is 0 Å². The van der Waals surface area contributed by atoms with E-state index >= 15 is 0 Å². The van der Waals surface area contributed by atoms with Crippen molar-refractivity contribution in [3.8, 4) is 0 Å². The average molecular weight is 286 g/mol. The molecule has 104 valence electrons. The molecule has 1 saturated carbocycles. The van der Waals surface area contributed by atoms with E-state index < -0.39 is 0 Å². The molecule has 20 heavy (non-hydrogen) atoms. The number of hydrogen-bond donors (Lipinski definition) is 2. The molecule has 0 spiro atoms. The number of rotatable bonds is 6. The molecule has 0 radical (unpaired) electrons. The summed E-state index contributed by atoms with van der Waals surface area (Å²) in [6, 6.07) is 10.3. The zero-order valence-corrected chi connectivity index (χ0v) is 12.1. The van der Waals surface area contributed by atoms with E-state index in [0.717, 1.165) is 37.1 Å². The number of nitrogens with one attached hydrogen (secondary N) is 2. The van der Waals surface area contributed by atoms with Crippen LogP contribution >= 0.6 is 11.3 Å². The molecule has 0 saturated heterocycles. The van der Waals surface area contributed by atoms with Gasteiger partial charge in [-0.25, -0.2) is 0 Å². The Kier molecular flexibility index (Phi) is 4.02. The van der Waals surface area contributed by atoms with Crippen LogP contribution in [0.15, 0.2) is 41.1 Å². The summed E-state index contributed by atoms with van der Waals surface area (Å²) in [5, 5.41) is 10.6. The van der Waals surface area contributed by atoms with Crippen molar-refractivity contribution in [2.75, 3.05) is 11.9 Å². The molecule has 3 nitrogen and oxygen atoms in total. The summed E-state index contributed by atoms with van der Waals surface area (Å²) < 4.78 is 0. The first-order chi connectivity index (χ1) is 9.81. The average Bonchev–Trinajstić information content (AvgIpc) is 3.12. The van der Waals surface area contributed by atoms with Gasteiger partial charge in [0.1, 0.15) is 0 Å². The van der Waals surface area contributed by atoms with Crippen molar-refractivity contribution in [3.63, 3.8) is 0 Å². The van der Waals surface area contributed by atoms with Gasteiger partial charge in [0.25, 0.3) is 5.91 Å². The van der Waals surface area contributed by atoms with Crippen LogP contribution in [0.5, 0.6) is 0 Å². The minimum atomic E-state index is 0.0392. The quantitative estimate of drug-likeness (QED) is 0.855. The first-order valence-corrected chi connectivity index (χ1v) is 7.91. The van der Waals surface area contributed by atoms with Gasteiger partial charge in [-0.15, -0.1) is 0 Å². The number of amides is 1. The molecule has 2 aromatic rings. The van der Waals surface area contributed by atoms with E-state index in [-0.39, 0.29) is 5.91 Å². The Morgan fingerprint density at radius 3 is 2.65 bits per heavy atom. The molecule has 1 aliphatic rings. The van der Waals surface area contributed by atoms with Crippen molar-refractivity contribution in [2.45, 2.75) is 25.3 Å². The maximum atomic E-state index is 11.8. The fourth-order valence-electron chi connectivity index (χ4n) is 2.02. The summed E-state index contributed by atoms with van der Waals surface area (Å²) in [5.74, 6) is 0.0392. The van der Waals surface area contributed by atoms with Crippen LogP contribution in [-0.4, -0.2) is 18.5 Å². The van der Waals surface area contributed by atoms with E-state index in [0.29, 0.717) is 6.04 Å². The van der Waals surface area contributed by atoms with E-state index in [1.807, 2.05) is 24.3 Å². The summed E-state index contributed by atoms with van der Waals surface area (Å²) in [6.45, 7) is 0.907. The van der Waals surface area contributed by atoms with Crippen molar-refractivity contribution in [1.82, 2.24) is 5.32 Å². The van der Waals surface area contributed by atoms with Crippen LogP contribution in [-0.2, 0) is 6.42 Å². The third-order valence-electron chi connectivity index (χ3n) is 3.38. The summed E-state index contributed by atoms with van der Waals surface area (Å²) in [4.78, 5) is 11.8. The third-order valence-corrected chi connectivity index (χ3v) is 4.11. The molecule has 1 aliphatic carbocycles. The summed E-state index contributed by atoms with van der Waals surface area (Å²) in [7, 11) is 0. The fraction of sp³-hybridized carbons (Fsp3) is 0.312. The van der Waals surface area contributed by atoms with Gasteiger partial charge in [-0.05, 0) is 65.9 Å². The smallest absolute Gasteiger partial charge is 0.251 e. The summed E-state index contributed by atoms with van der Waals surface area (Å²) in [6.07, 6.45) is 3.26. The van der Waals surface area contributed by atoms with Gasteiger partial charge in [0, 0.05) is 23.8 Å². The van der Waals surface area contributed by atoms with Crippen molar-refractivity contribution < 1.29 is 4.79 Å². The fourth-order valence-corrected chi connectivity index (χ4v) is 2.73. The van der Waals surface area contributed by atoms with Crippen molar-refractivity contribution in [3.05, 3.63) is 52.2 Å². The van der Waals surface area contributed by atoms with Gasteiger partial charge in [-0.2, -0.15) is 11.3 Å². The predicted molar refractivity (Wildman–Crippen MR) is 83.4 cm³/mol. The topological polar surface area (TPSA) is 41.1 Å². The Labute approximate surface area is 123 Å². The van der Waals surface area contributed by atoms with Crippen LogP contribution < -0.4 is 10.6 Å². The summed E-state index contributed by atoms with van der Waals surface area (Å²) >= 11 is 1.73. The maximum absolute atomic E-state index is 11.8. The first kappa shape index (κ1) is 13.2. The zero-order chi connectivity index (χ0) is 13.8. The summed E-state index contributed by atoms with van der Waals surface area (Å²) in [5.41, 5.74) is 3.16. The van der Waals surface area contributed by atoms with Crippen LogP contribution in [0.3, 0.4) is 0 Å².